The SMILES string of the molecule is Cc1ccc(OS(=O)Oc2ccc(N=Nc3c(C)cc4cc(S(=O)(=O)O)c(N=Nc5ccccc5C)c(O)c4c3N)cc2)cc1. The van der Waals surface area contributed by atoms with E-state index in [4.69, 9.17) is 14.1 Å². The molecular weight excluding hydrogens is 619 g/mol. The van der Waals surface area contributed by atoms with Gasteiger partial charge in [0.1, 0.15) is 27.8 Å². The van der Waals surface area contributed by atoms with Crippen molar-refractivity contribution in [3.63, 3.8) is 0 Å². The number of nitrogen functional groups attached to an aromatic ring is 1. The second-order valence-electron chi connectivity index (χ2n) is 9.97. The summed E-state index contributed by atoms with van der Waals surface area (Å²) in [5.74, 6) is 0.0657. The lowest BCUT2D eigenvalue weighted by Crippen LogP contribution is -2.07. The Hall–Kier alpha value is -5.18. The molecule has 0 aliphatic heterocycles. The van der Waals surface area contributed by atoms with Gasteiger partial charge in [0.15, 0.2) is 5.75 Å². The van der Waals surface area contributed by atoms with Gasteiger partial charge in [-0.3, -0.25) is 4.55 Å². The summed E-state index contributed by atoms with van der Waals surface area (Å²) in [6, 6.07) is 22.9. The van der Waals surface area contributed by atoms with Gasteiger partial charge in [0, 0.05) is 0 Å². The van der Waals surface area contributed by atoms with E-state index in [1.165, 1.54) is 12.1 Å². The number of nitrogens with zero attached hydrogens (tertiary/aromatic N) is 4. The van der Waals surface area contributed by atoms with Gasteiger partial charge in [-0.1, -0.05) is 35.9 Å². The smallest absolute Gasteiger partial charge is 0.417 e. The molecule has 0 spiro atoms. The summed E-state index contributed by atoms with van der Waals surface area (Å²) in [5.41, 5.74) is 9.32. The molecule has 0 amide bonds. The fraction of sp³-hybridized carbons (Fsp3) is 0.0968. The van der Waals surface area contributed by atoms with E-state index >= 15 is 0 Å². The molecular formula is C31H27N5O7S2. The Morgan fingerprint density at radius 1 is 0.756 bits per heavy atom. The van der Waals surface area contributed by atoms with Gasteiger partial charge in [-0.05, 0) is 91.9 Å². The maximum absolute atomic E-state index is 12.2. The molecule has 4 N–H and O–H groups in total. The Balaban J connectivity index is 1.44. The Labute approximate surface area is 261 Å². The number of aryl methyl sites for hydroxylation is 3. The molecule has 0 aromatic heterocycles. The van der Waals surface area contributed by atoms with Crippen molar-refractivity contribution in [3.8, 4) is 17.2 Å². The number of phenolic OH excluding ortho intramolecular Hbond substituents is 1. The topological polar surface area (TPSA) is 186 Å². The summed E-state index contributed by atoms with van der Waals surface area (Å²) in [5, 5.41) is 28.0. The van der Waals surface area contributed by atoms with E-state index < -0.39 is 37.8 Å². The van der Waals surface area contributed by atoms with Crippen molar-refractivity contribution in [1.82, 2.24) is 0 Å². The average Bonchev–Trinajstić information content (AvgIpc) is 2.98. The molecule has 45 heavy (non-hydrogen) atoms. The Bertz CT molecular complexity index is 2100. The molecule has 0 radical (unpaired) electrons. The van der Waals surface area contributed by atoms with Crippen LogP contribution in [-0.4, -0.2) is 22.3 Å². The third kappa shape index (κ3) is 7.15. The van der Waals surface area contributed by atoms with Gasteiger partial charge in [-0.15, -0.1) is 10.2 Å². The highest BCUT2D eigenvalue weighted by atomic mass is 32.2. The van der Waals surface area contributed by atoms with Gasteiger partial charge in [0.2, 0.25) is 0 Å². The summed E-state index contributed by atoms with van der Waals surface area (Å²) in [4.78, 5) is -0.634. The maximum atomic E-state index is 12.2. The summed E-state index contributed by atoms with van der Waals surface area (Å²) in [6.45, 7) is 5.40. The molecule has 1 atom stereocenters. The molecule has 0 fully saturated rings. The number of hydrogen-bond acceptors (Lipinski definition) is 11. The van der Waals surface area contributed by atoms with Crippen LogP contribution in [0.25, 0.3) is 10.8 Å². The summed E-state index contributed by atoms with van der Waals surface area (Å²) >= 11 is -2.08. The zero-order valence-electron chi connectivity index (χ0n) is 24.2. The van der Waals surface area contributed by atoms with E-state index in [0.717, 1.165) is 17.2 Å². The van der Waals surface area contributed by atoms with Crippen molar-refractivity contribution in [3.05, 3.63) is 102 Å². The van der Waals surface area contributed by atoms with E-state index in [-0.39, 0.29) is 27.9 Å². The Morgan fingerprint density at radius 3 is 1.98 bits per heavy atom. The molecule has 0 saturated heterocycles. The van der Waals surface area contributed by atoms with Crippen molar-refractivity contribution in [1.29, 1.82) is 0 Å². The number of nitrogens with two attached hydrogens (primary N) is 1. The number of rotatable bonds is 9. The predicted octanol–water partition coefficient (Wildman–Crippen LogP) is 8.17. The van der Waals surface area contributed by atoms with Crippen LogP contribution in [0, 0.1) is 20.8 Å². The van der Waals surface area contributed by atoms with Crippen LogP contribution in [0.1, 0.15) is 16.7 Å². The van der Waals surface area contributed by atoms with E-state index in [1.54, 1.807) is 68.4 Å². The minimum atomic E-state index is -4.81. The zero-order chi connectivity index (χ0) is 32.3. The standard InChI is InChI=1S/C31H27N5O7S2/c1-18-8-12-23(13-9-18)42-44(38)43-24-14-10-22(11-15-24)33-35-29-20(3)16-21-17-26(45(39,40)41)30(31(37)27(21)28(29)32)36-34-25-7-5-4-6-19(25)2/h4-17,37H,32H2,1-3H3,(H,39,40,41). The van der Waals surface area contributed by atoms with E-state index in [0.29, 0.717) is 22.7 Å². The summed E-state index contributed by atoms with van der Waals surface area (Å²) in [7, 11) is -4.81. The Morgan fingerprint density at radius 2 is 1.36 bits per heavy atom. The molecule has 12 nitrogen and oxygen atoms in total. The fourth-order valence-electron chi connectivity index (χ4n) is 4.33. The normalized spacial score (nSPS) is 12.6. The molecule has 14 heteroatoms. The highest BCUT2D eigenvalue weighted by Crippen LogP contribution is 2.47. The van der Waals surface area contributed by atoms with Gasteiger partial charge >= 0.3 is 11.4 Å². The number of phenols is 1. The second-order valence-corrected chi connectivity index (χ2v) is 12.1. The maximum Gasteiger partial charge on any atom is 0.417 e. The van der Waals surface area contributed by atoms with Gasteiger partial charge < -0.3 is 19.2 Å². The average molecular weight is 646 g/mol. The molecule has 0 heterocycles. The summed E-state index contributed by atoms with van der Waals surface area (Å²) in [6.07, 6.45) is 0. The lowest BCUT2D eigenvalue weighted by Gasteiger charge is -2.13. The number of aromatic hydroxyl groups is 1. The second kappa shape index (κ2) is 12.8. The fourth-order valence-corrected chi connectivity index (χ4v) is 5.56. The number of anilines is 1. The first-order chi connectivity index (χ1) is 21.4. The van der Waals surface area contributed by atoms with Crippen LogP contribution in [0.4, 0.5) is 28.4 Å². The van der Waals surface area contributed by atoms with Gasteiger partial charge in [0.25, 0.3) is 10.1 Å². The molecule has 5 aromatic carbocycles. The van der Waals surface area contributed by atoms with Crippen LogP contribution in [0.3, 0.4) is 0 Å². The molecule has 0 saturated carbocycles. The van der Waals surface area contributed by atoms with Crippen molar-refractivity contribution in [2.45, 2.75) is 25.7 Å². The highest BCUT2D eigenvalue weighted by molar-refractivity contribution is 7.86. The predicted molar refractivity (Wildman–Crippen MR) is 171 cm³/mol. The molecule has 1 unspecified atom stereocenters. The number of hydrogen-bond donors (Lipinski definition) is 3. The van der Waals surface area contributed by atoms with Crippen molar-refractivity contribution < 1.29 is 30.7 Å². The van der Waals surface area contributed by atoms with E-state index in [9.17, 15) is 22.3 Å². The number of fused-ring (bicyclic) bond motifs is 1. The summed E-state index contributed by atoms with van der Waals surface area (Å²) < 4.78 is 57.2. The molecule has 5 rings (SSSR count). The lowest BCUT2D eigenvalue weighted by molar-refractivity contribution is 0.461. The first-order valence-electron chi connectivity index (χ1n) is 13.3. The largest absolute Gasteiger partial charge is 0.505 e. The third-order valence-electron chi connectivity index (χ3n) is 6.64. The van der Waals surface area contributed by atoms with Crippen LogP contribution < -0.4 is 14.1 Å². The molecule has 0 aliphatic carbocycles. The Kier molecular flexibility index (Phi) is 8.90. The number of benzene rings is 5. The molecule has 5 aromatic rings. The van der Waals surface area contributed by atoms with Crippen LogP contribution in [0.5, 0.6) is 17.2 Å². The minimum Gasteiger partial charge on any atom is -0.505 e. The highest BCUT2D eigenvalue weighted by Gasteiger charge is 2.24. The van der Waals surface area contributed by atoms with Crippen molar-refractivity contribution in [2.75, 3.05) is 5.73 Å². The molecule has 0 bridgehead atoms. The van der Waals surface area contributed by atoms with E-state index in [1.807, 2.05) is 19.1 Å². The van der Waals surface area contributed by atoms with Gasteiger partial charge in [-0.25, -0.2) is 0 Å². The first kappa shape index (κ1) is 31.3. The van der Waals surface area contributed by atoms with Crippen molar-refractivity contribution in [2.24, 2.45) is 20.5 Å². The van der Waals surface area contributed by atoms with E-state index in [2.05, 4.69) is 20.5 Å². The quantitative estimate of drug-likeness (QED) is 0.0813. The van der Waals surface area contributed by atoms with Crippen LogP contribution >= 0.6 is 0 Å². The number of azo groups is 2. The van der Waals surface area contributed by atoms with Crippen molar-refractivity contribution >= 4 is 60.7 Å². The molecule has 230 valence electrons. The third-order valence-corrected chi connectivity index (χ3v) is 8.17. The van der Waals surface area contributed by atoms with Crippen LogP contribution in [0.15, 0.2) is 110 Å². The van der Waals surface area contributed by atoms with Gasteiger partial charge in [-0.2, -0.15) is 22.9 Å². The van der Waals surface area contributed by atoms with Crippen LogP contribution in [-0.2, 0) is 21.5 Å². The first-order valence-corrected chi connectivity index (χ1v) is 15.7. The minimum absolute atomic E-state index is 0.00378. The lowest BCUT2D eigenvalue weighted by atomic mass is 10.0. The van der Waals surface area contributed by atoms with Crippen LogP contribution in [0.2, 0.25) is 0 Å². The monoisotopic (exact) mass is 645 g/mol. The molecule has 0 aliphatic rings. The van der Waals surface area contributed by atoms with Gasteiger partial charge in [0.05, 0.1) is 22.4 Å². The zero-order valence-corrected chi connectivity index (χ0v) is 25.8.